The van der Waals surface area contributed by atoms with Gasteiger partial charge in [-0.05, 0) is 42.7 Å². The van der Waals surface area contributed by atoms with Crippen LogP contribution in [0.1, 0.15) is 48.7 Å². The van der Waals surface area contributed by atoms with Crippen LogP contribution in [0.2, 0.25) is 0 Å². The van der Waals surface area contributed by atoms with Gasteiger partial charge in [-0.3, -0.25) is 10.1 Å². The molecule has 0 spiro atoms. The lowest BCUT2D eigenvalue weighted by molar-refractivity contribution is -0.131. The van der Waals surface area contributed by atoms with E-state index in [0.717, 1.165) is 6.08 Å². The molecule has 2 aromatic carbocycles. The third kappa shape index (κ3) is 6.77. The molecule has 1 atom stereocenters. The quantitative estimate of drug-likeness (QED) is 0.553. The molecule has 2 aromatic rings. The summed E-state index contributed by atoms with van der Waals surface area (Å²) in [6.07, 6.45) is 1.95. The van der Waals surface area contributed by atoms with E-state index in [1.165, 1.54) is 18.2 Å². The Hall–Kier alpha value is -3.61. The van der Waals surface area contributed by atoms with Crippen molar-refractivity contribution in [3.05, 3.63) is 77.9 Å². The molecule has 3 N–H and O–H groups in total. The molecule has 7 heteroatoms. The van der Waals surface area contributed by atoms with Gasteiger partial charge < -0.3 is 14.9 Å². The monoisotopic (exact) mass is 411 g/mol. The van der Waals surface area contributed by atoms with E-state index in [1.807, 2.05) is 13.8 Å². The van der Waals surface area contributed by atoms with Crippen molar-refractivity contribution in [1.29, 1.82) is 0 Å². The number of carbonyl (C=O) groups is 3. The number of imide groups is 1. The van der Waals surface area contributed by atoms with Gasteiger partial charge in [-0.15, -0.1) is 0 Å². The number of hydrogen-bond donors (Lipinski definition) is 3. The lowest BCUT2D eigenvalue weighted by atomic mass is 9.78. The van der Waals surface area contributed by atoms with E-state index in [2.05, 4.69) is 5.32 Å². The summed E-state index contributed by atoms with van der Waals surface area (Å²) in [6, 6.07) is 14.6. The lowest BCUT2D eigenvalue weighted by Crippen LogP contribution is -2.35. The second kappa shape index (κ2) is 10.2. The van der Waals surface area contributed by atoms with Crippen molar-refractivity contribution in [3.63, 3.8) is 0 Å². The second-order valence-corrected chi connectivity index (χ2v) is 7.46. The minimum Gasteiger partial charge on any atom is -0.508 e. The second-order valence-electron chi connectivity index (χ2n) is 7.46. The van der Waals surface area contributed by atoms with Gasteiger partial charge in [0.25, 0.3) is 5.91 Å². The number of carboxylic acid groups (broad SMARTS) is 1. The molecule has 0 bridgehead atoms. The third-order valence-corrected chi connectivity index (χ3v) is 4.60. The fourth-order valence-electron chi connectivity index (χ4n) is 2.99. The number of aromatic hydroxyl groups is 1. The molecular weight excluding hydrogens is 386 g/mol. The fraction of sp³-hybridized carbons (Fsp3) is 0.261. The number of phenols is 1. The molecule has 0 radical (unpaired) electrons. The highest BCUT2D eigenvalue weighted by Gasteiger charge is 2.34. The summed E-state index contributed by atoms with van der Waals surface area (Å²) in [5.41, 5.74) is 0.378. The first-order valence-electron chi connectivity index (χ1n) is 9.44. The SMILES string of the molecule is CC(C)(CC/C=C/C(=O)O)[C@H](OC(=O)NC(=O)c1ccccc1)c1ccc(O)cc1. The van der Waals surface area contributed by atoms with E-state index in [-0.39, 0.29) is 5.75 Å². The molecule has 2 amide bonds. The average molecular weight is 411 g/mol. The first kappa shape index (κ1) is 22.7. The maximum Gasteiger partial charge on any atom is 0.414 e. The summed E-state index contributed by atoms with van der Waals surface area (Å²) in [6.45, 7) is 3.76. The number of hydrogen-bond acceptors (Lipinski definition) is 5. The number of allylic oxidation sites excluding steroid dienone is 1. The number of carboxylic acids is 1. The number of ether oxygens (including phenoxy) is 1. The Bertz CT molecular complexity index is 903. The van der Waals surface area contributed by atoms with Crippen LogP contribution in [0.5, 0.6) is 5.75 Å². The van der Waals surface area contributed by atoms with Crippen LogP contribution in [0.15, 0.2) is 66.7 Å². The van der Waals surface area contributed by atoms with Crippen molar-refractivity contribution in [1.82, 2.24) is 5.32 Å². The highest BCUT2D eigenvalue weighted by molar-refractivity contribution is 6.02. The van der Waals surface area contributed by atoms with E-state index < -0.39 is 29.5 Å². The van der Waals surface area contributed by atoms with Gasteiger partial charge in [0.05, 0.1) is 0 Å². The normalized spacial score (nSPS) is 12.3. The molecule has 0 aliphatic carbocycles. The van der Waals surface area contributed by atoms with Crippen LogP contribution < -0.4 is 5.32 Å². The van der Waals surface area contributed by atoms with E-state index in [0.29, 0.717) is 24.0 Å². The van der Waals surface area contributed by atoms with E-state index in [1.54, 1.807) is 42.5 Å². The number of carbonyl (C=O) groups excluding carboxylic acids is 2. The van der Waals surface area contributed by atoms with Crippen molar-refractivity contribution in [2.24, 2.45) is 5.41 Å². The molecule has 2 rings (SSSR count). The zero-order valence-electron chi connectivity index (χ0n) is 16.9. The summed E-state index contributed by atoms with van der Waals surface area (Å²) in [4.78, 5) is 35.3. The van der Waals surface area contributed by atoms with Crippen LogP contribution in [-0.4, -0.2) is 28.2 Å². The zero-order valence-corrected chi connectivity index (χ0v) is 16.9. The van der Waals surface area contributed by atoms with Gasteiger partial charge in [0.15, 0.2) is 0 Å². The van der Waals surface area contributed by atoms with E-state index in [4.69, 9.17) is 9.84 Å². The molecule has 0 saturated carbocycles. The first-order valence-corrected chi connectivity index (χ1v) is 9.44. The Morgan fingerprint density at radius 3 is 2.30 bits per heavy atom. The predicted octanol–water partition coefficient (Wildman–Crippen LogP) is 4.45. The number of nitrogens with one attached hydrogen (secondary N) is 1. The summed E-state index contributed by atoms with van der Waals surface area (Å²) in [7, 11) is 0. The number of phenolic OH excluding ortho intramolecular Hbond substituents is 1. The Kier molecular flexibility index (Phi) is 7.75. The standard InChI is InChI=1S/C23H25NO6/c1-23(2,15-7-6-10-19(26)27)20(16-11-13-18(25)14-12-16)30-22(29)24-21(28)17-8-4-3-5-9-17/h3-6,8-14,20,25H,7,15H2,1-2H3,(H,26,27)(H,24,28,29)/b10-6+/t20-/m1/s1. The van der Waals surface area contributed by atoms with E-state index in [9.17, 15) is 19.5 Å². The van der Waals surface area contributed by atoms with Crippen LogP contribution in [0.4, 0.5) is 4.79 Å². The highest BCUT2D eigenvalue weighted by atomic mass is 16.6. The van der Waals surface area contributed by atoms with Gasteiger partial charge >= 0.3 is 12.1 Å². The Morgan fingerprint density at radius 1 is 1.07 bits per heavy atom. The molecule has 0 aliphatic rings. The van der Waals surface area contributed by atoms with Gasteiger partial charge in [-0.1, -0.05) is 50.3 Å². The molecule has 30 heavy (non-hydrogen) atoms. The Balaban J connectivity index is 2.16. The lowest BCUT2D eigenvalue weighted by Gasteiger charge is -2.34. The topological polar surface area (TPSA) is 113 Å². The average Bonchev–Trinajstić information content (AvgIpc) is 2.70. The van der Waals surface area contributed by atoms with Crippen molar-refractivity contribution in [2.45, 2.75) is 32.8 Å². The molecule has 7 nitrogen and oxygen atoms in total. The molecular formula is C23H25NO6. The molecule has 0 fully saturated rings. The molecule has 158 valence electrons. The van der Waals surface area contributed by atoms with Crippen LogP contribution in [-0.2, 0) is 9.53 Å². The number of alkyl carbamates (subject to hydrolysis) is 1. The predicted molar refractivity (Wildman–Crippen MR) is 111 cm³/mol. The van der Waals surface area contributed by atoms with Crippen LogP contribution >= 0.6 is 0 Å². The fourth-order valence-corrected chi connectivity index (χ4v) is 2.99. The van der Waals surface area contributed by atoms with Crippen LogP contribution in [0, 0.1) is 5.41 Å². The Labute approximate surface area is 175 Å². The van der Waals surface area contributed by atoms with Gasteiger partial charge in [0.1, 0.15) is 11.9 Å². The summed E-state index contributed by atoms with van der Waals surface area (Å²) >= 11 is 0. The van der Waals surface area contributed by atoms with Gasteiger partial charge in [-0.2, -0.15) is 0 Å². The molecule has 0 aliphatic heterocycles. The first-order chi connectivity index (χ1) is 14.2. The summed E-state index contributed by atoms with van der Waals surface area (Å²) in [5.74, 6) is -1.53. The van der Waals surface area contributed by atoms with Crippen LogP contribution in [0.3, 0.4) is 0 Å². The van der Waals surface area contributed by atoms with Crippen LogP contribution in [0.25, 0.3) is 0 Å². The van der Waals surface area contributed by atoms with Crippen molar-refractivity contribution < 1.29 is 29.3 Å². The van der Waals surface area contributed by atoms with Crippen molar-refractivity contribution >= 4 is 18.0 Å². The van der Waals surface area contributed by atoms with E-state index >= 15 is 0 Å². The van der Waals surface area contributed by atoms with Gasteiger partial charge in [0.2, 0.25) is 0 Å². The smallest absolute Gasteiger partial charge is 0.414 e. The molecule has 0 unspecified atom stereocenters. The number of benzene rings is 2. The van der Waals surface area contributed by atoms with Gasteiger partial charge in [-0.25, -0.2) is 9.59 Å². The minimum absolute atomic E-state index is 0.0726. The maximum absolute atomic E-state index is 12.4. The largest absolute Gasteiger partial charge is 0.508 e. The van der Waals surface area contributed by atoms with Gasteiger partial charge in [0, 0.05) is 17.1 Å². The number of rotatable bonds is 8. The number of amides is 2. The summed E-state index contributed by atoms with van der Waals surface area (Å²) in [5, 5.41) is 20.5. The highest BCUT2D eigenvalue weighted by Crippen LogP contribution is 2.41. The van der Waals surface area contributed by atoms with Crippen molar-refractivity contribution in [3.8, 4) is 5.75 Å². The van der Waals surface area contributed by atoms with Crippen molar-refractivity contribution in [2.75, 3.05) is 0 Å². The molecule has 0 saturated heterocycles. The zero-order chi connectivity index (χ0) is 22.1. The molecule has 0 aromatic heterocycles. The molecule has 0 heterocycles. The minimum atomic E-state index is -1.03. The third-order valence-electron chi connectivity index (χ3n) is 4.60. The Morgan fingerprint density at radius 2 is 1.70 bits per heavy atom. The number of aliphatic carboxylic acids is 1. The maximum atomic E-state index is 12.4. The summed E-state index contributed by atoms with van der Waals surface area (Å²) < 4.78 is 5.62.